The van der Waals surface area contributed by atoms with Gasteiger partial charge in [0, 0.05) is 12.0 Å². The van der Waals surface area contributed by atoms with Crippen molar-refractivity contribution in [3.05, 3.63) is 29.8 Å². The first-order chi connectivity index (χ1) is 9.29. The molecule has 19 heavy (non-hydrogen) atoms. The molecule has 2 rings (SSSR count). The van der Waals surface area contributed by atoms with Crippen LogP contribution in [0.15, 0.2) is 24.3 Å². The second kappa shape index (κ2) is 7.26. The van der Waals surface area contributed by atoms with Crippen LogP contribution in [-0.4, -0.2) is 45.2 Å². The van der Waals surface area contributed by atoms with Crippen molar-refractivity contribution in [1.29, 1.82) is 0 Å². The highest BCUT2D eigenvalue weighted by Gasteiger charge is 2.13. The summed E-state index contributed by atoms with van der Waals surface area (Å²) in [4.78, 5) is 13.0. The third-order valence-electron chi connectivity index (χ3n) is 3.42. The van der Waals surface area contributed by atoms with Crippen molar-refractivity contribution in [1.82, 2.24) is 0 Å². The first-order valence-corrected chi connectivity index (χ1v) is 6.97. The number of ketones is 1. The molecule has 0 amide bonds. The van der Waals surface area contributed by atoms with Gasteiger partial charge in [-0.05, 0) is 24.3 Å². The maximum absolute atomic E-state index is 11.5. The Hall–Kier alpha value is -1.39. The molecule has 4 heteroatoms. The number of carbonyl (C=O) groups excluding carboxylic acids is 1. The number of hydrogen-bond acceptors (Lipinski definition) is 3. The van der Waals surface area contributed by atoms with E-state index in [2.05, 4.69) is 0 Å². The Balaban J connectivity index is 1.75. The van der Waals surface area contributed by atoms with E-state index in [1.807, 2.05) is 31.2 Å². The molecule has 0 spiro atoms. The van der Waals surface area contributed by atoms with Crippen molar-refractivity contribution >= 4 is 5.78 Å². The largest absolute Gasteiger partial charge is 0.488 e. The molecule has 0 aromatic heterocycles. The molecule has 0 bridgehead atoms. The van der Waals surface area contributed by atoms with E-state index in [9.17, 15) is 4.79 Å². The number of Topliss-reactive ketones (excluding diaryl/α,β-unsaturated/α-hetero) is 1. The average molecular weight is 264 g/mol. The van der Waals surface area contributed by atoms with E-state index in [4.69, 9.17) is 9.47 Å². The van der Waals surface area contributed by atoms with Crippen LogP contribution in [0.5, 0.6) is 5.75 Å². The molecule has 1 saturated heterocycles. The van der Waals surface area contributed by atoms with Crippen molar-refractivity contribution in [2.24, 2.45) is 0 Å². The minimum atomic E-state index is 0.171. The third-order valence-corrected chi connectivity index (χ3v) is 3.42. The predicted octanol–water partition coefficient (Wildman–Crippen LogP) is 0.573. The van der Waals surface area contributed by atoms with E-state index in [0.717, 1.165) is 44.2 Å². The van der Waals surface area contributed by atoms with Crippen LogP contribution < -0.4 is 9.64 Å². The van der Waals surface area contributed by atoms with Crippen molar-refractivity contribution in [2.45, 2.75) is 13.3 Å². The zero-order chi connectivity index (χ0) is 13.5. The van der Waals surface area contributed by atoms with Crippen molar-refractivity contribution in [2.75, 3.05) is 39.5 Å². The maximum atomic E-state index is 11.5. The molecule has 1 aromatic rings. The second-order valence-electron chi connectivity index (χ2n) is 4.76. The van der Waals surface area contributed by atoms with Crippen molar-refractivity contribution < 1.29 is 19.2 Å². The number of morpholine rings is 1. The number of rotatable bonds is 6. The summed E-state index contributed by atoms with van der Waals surface area (Å²) in [5, 5.41) is 0. The number of benzene rings is 1. The van der Waals surface area contributed by atoms with Crippen LogP contribution in [0.2, 0.25) is 0 Å². The molecule has 1 heterocycles. The molecule has 1 aliphatic rings. The molecule has 0 aliphatic carbocycles. The van der Waals surface area contributed by atoms with E-state index < -0.39 is 0 Å². The minimum absolute atomic E-state index is 0.171. The smallest absolute Gasteiger partial charge is 0.162 e. The van der Waals surface area contributed by atoms with Gasteiger partial charge >= 0.3 is 0 Å². The average Bonchev–Trinajstić information content (AvgIpc) is 2.48. The zero-order valence-corrected chi connectivity index (χ0v) is 11.5. The predicted molar refractivity (Wildman–Crippen MR) is 72.9 cm³/mol. The fraction of sp³-hybridized carbons (Fsp3) is 0.533. The lowest BCUT2D eigenvalue weighted by molar-refractivity contribution is -0.908. The summed E-state index contributed by atoms with van der Waals surface area (Å²) in [6.07, 6.45) is 0.542. The quantitative estimate of drug-likeness (QED) is 0.764. The molecule has 0 unspecified atom stereocenters. The molecule has 1 N–H and O–H groups in total. The highest BCUT2D eigenvalue weighted by Crippen LogP contribution is 2.13. The van der Waals surface area contributed by atoms with Gasteiger partial charge in [0.25, 0.3) is 0 Å². The van der Waals surface area contributed by atoms with Gasteiger partial charge in [-0.1, -0.05) is 6.92 Å². The number of hydrogen-bond donors (Lipinski definition) is 1. The summed E-state index contributed by atoms with van der Waals surface area (Å²) in [6, 6.07) is 7.42. The van der Waals surface area contributed by atoms with Gasteiger partial charge < -0.3 is 14.4 Å². The lowest BCUT2D eigenvalue weighted by Crippen LogP contribution is -3.14. The van der Waals surface area contributed by atoms with Crippen molar-refractivity contribution in [3.8, 4) is 5.75 Å². The molecule has 0 atom stereocenters. The zero-order valence-electron chi connectivity index (χ0n) is 11.5. The number of nitrogens with one attached hydrogen (secondary N) is 1. The lowest BCUT2D eigenvalue weighted by atomic mass is 10.1. The summed E-state index contributed by atoms with van der Waals surface area (Å²) in [6.45, 7) is 7.40. The van der Waals surface area contributed by atoms with E-state index in [1.54, 1.807) is 0 Å². The van der Waals surface area contributed by atoms with Gasteiger partial charge in [0.15, 0.2) is 5.78 Å². The number of ether oxygens (including phenoxy) is 2. The molecular weight excluding hydrogens is 242 g/mol. The van der Waals surface area contributed by atoms with Crippen molar-refractivity contribution in [3.63, 3.8) is 0 Å². The Bertz CT molecular complexity index is 396. The summed E-state index contributed by atoms with van der Waals surface area (Å²) in [7, 11) is 0. The molecule has 0 saturated carbocycles. The maximum Gasteiger partial charge on any atom is 0.162 e. The topological polar surface area (TPSA) is 40.0 Å². The van der Waals surface area contributed by atoms with Gasteiger partial charge in [0.05, 0.1) is 13.2 Å². The van der Waals surface area contributed by atoms with E-state index in [1.165, 1.54) is 4.90 Å². The Morgan fingerprint density at radius 3 is 2.58 bits per heavy atom. The van der Waals surface area contributed by atoms with Crippen LogP contribution in [-0.2, 0) is 4.74 Å². The Morgan fingerprint density at radius 2 is 1.95 bits per heavy atom. The van der Waals surface area contributed by atoms with Gasteiger partial charge in [-0.25, -0.2) is 0 Å². The lowest BCUT2D eigenvalue weighted by Gasteiger charge is -2.23. The number of quaternary nitrogens is 1. The van der Waals surface area contributed by atoms with Crippen LogP contribution in [0.25, 0.3) is 0 Å². The highest BCUT2D eigenvalue weighted by atomic mass is 16.5. The summed E-state index contributed by atoms with van der Waals surface area (Å²) >= 11 is 0. The van der Waals surface area contributed by atoms with Gasteiger partial charge in [-0.3, -0.25) is 4.79 Å². The van der Waals surface area contributed by atoms with Crippen LogP contribution in [0.3, 0.4) is 0 Å². The van der Waals surface area contributed by atoms with E-state index in [0.29, 0.717) is 13.0 Å². The van der Waals surface area contributed by atoms with Crippen LogP contribution >= 0.6 is 0 Å². The van der Waals surface area contributed by atoms with Crippen LogP contribution in [0.1, 0.15) is 23.7 Å². The van der Waals surface area contributed by atoms with Crippen LogP contribution in [0, 0.1) is 0 Å². The standard InChI is InChI=1S/C15H21NO3/c1-2-15(17)13-3-5-14(6-4-13)19-12-9-16-7-10-18-11-8-16/h3-6H,2,7-12H2,1H3/p+1. The molecular formula is C15H22NO3+. The van der Waals surface area contributed by atoms with Gasteiger partial charge in [0.1, 0.15) is 32.0 Å². The summed E-state index contributed by atoms with van der Waals surface area (Å²) in [5.41, 5.74) is 0.758. The minimum Gasteiger partial charge on any atom is -0.488 e. The molecule has 1 fully saturated rings. The van der Waals surface area contributed by atoms with Gasteiger partial charge in [0.2, 0.25) is 0 Å². The number of carbonyl (C=O) groups is 1. The van der Waals surface area contributed by atoms with Gasteiger partial charge in [-0.2, -0.15) is 0 Å². The van der Waals surface area contributed by atoms with Gasteiger partial charge in [-0.15, -0.1) is 0 Å². The Labute approximate surface area is 114 Å². The monoisotopic (exact) mass is 264 g/mol. The first-order valence-electron chi connectivity index (χ1n) is 6.97. The molecule has 1 aliphatic heterocycles. The van der Waals surface area contributed by atoms with E-state index >= 15 is 0 Å². The summed E-state index contributed by atoms with van der Waals surface area (Å²) < 4.78 is 11.0. The first kappa shape index (κ1) is 14.0. The fourth-order valence-corrected chi connectivity index (χ4v) is 2.16. The Kier molecular flexibility index (Phi) is 5.36. The Morgan fingerprint density at radius 1 is 1.26 bits per heavy atom. The SMILES string of the molecule is CCC(=O)c1ccc(OCC[NH+]2CCOCC2)cc1. The third kappa shape index (κ3) is 4.33. The molecule has 4 nitrogen and oxygen atoms in total. The highest BCUT2D eigenvalue weighted by molar-refractivity contribution is 5.95. The summed E-state index contributed by atoms with van der Waals surface area (Å²) in [5.74, 6) is 1.00. The fourth-order valence-electron chi connectivity index (χ4n) is 2.16. The normalized spacial score (nSPS) is 16.3. The molecule has 104 valence electrons. The second-order valence-corrected chi connectivity index (χ2v) is 4.76. The van der Waals surface area contributed by atoms with Crippen LogP contribution in [0.4, 0.5) is 0 Å². The molecule has 0 radical (unpaired) electrons. The molecule has 1 aromatic carbocycles. The van der Waals surface area contributed by atoms with E-state index in [-0.39, 0.29) is 5.78 Å².